The molecule has 0 saturated heterocycles. The van der Waals surface area contributed by atoms with E-state index in [0.717, 1.165) is 0 Å². The van der Waals surface area contributed by atoms with Gasteiger partial charge in [0.1, 0.15) is 0 Å². The number of nitriles is 1. The lowest BCUT2D eigenvalue weighted by Gasteiger charge is -1.85. The number of benzene rings is 1. The van der Waals surface area contributed by atoms with Crippen molar-refractivity contribution in [1.29, 1.82) is 5.26 Å². The molecule has 0 saturated carbocycles. The van der Waals surface area contributed by atoms with Crippen LogP contribution in [0.25, 0.3) is 6.08 Å². The van der Waals surface area contributed by atoms with Crippen LogP contribution in [-0.4, -0.2) is 0 Å². The van der Waals surface area contributed by atoms with Crippen LogP contribution in [0.1, 0.15) is 12.5 Å². The van der Waals surface area contributed by atoms with Gasteiger partial charge < -0.3 is 0 Å². The van der Waals surface area contributed by atoms with E-state index in [4.69, 9.17) is 5.26 Å². The van der Waals surface area contributed by atoms with E-state index in [-0.39, 0.29) is 0 Å². The Morgan fingerprint density at radius 1 is 1.31 bits per heavy atom. The first-order valence-electron chi connectivity index (χ1n) is 4.03. The molecule has 0 aliphatic rings. The van der Waals surface area contributed by atoms with E-state index < -0.39 is 0 Å². The molecule has 0 atom stereocenters. The maximum Gasteiger partial charge on any atom is 0.0908 e. The van der Waals surface area contributed by atoms with E-state index in [9.17, 15) is 0 Å². The summed E-state index contributed by atoms with van der Waals surface area (Å²) in [7, 11) is 0. The Morgan fingerprint density at radius 3 is 2.15 bits per heavy atom. The first-order valence-corrected chi connectivity index (χ1v) is 4.03. The highest BCUT2D eigenvalue weighted by atomic mass is 14.2. The van der Waals surface area contributed by atoms with Crippen LogP contribution in [0.2, 0.25) is 0 Å². The quantitative estimate of drug-likeness (QED) is 0.594. The maximum absolute atomic E-state index is 7.73. The summed E-state index contributed by atoms with van der Waals surface area (Å²) in [6.45, 7) is 5.44. The van der Waals surface area contributed by atoms with Gasteiger partial charge in [0.05, 0.1) is 6.07 Å². The van der Waals surface area contributed by atoms with E-state index in [2.05, 4.69) is 6.58 Å². The Kier molecular flexibility index (Phi) is 7.13. The average molecular weight is 171 g/mol. The molecular formula is C12H13N. The summed E-state index contributed by atoms with van der Waals surface area (Å²) in [5, 5.41) is 7.73. The number of nitrogens with zero attached hydrogens (tertiary/aromatic N) is 1. The minimum Gasteiger partial charge on any atom is -0.193 e. The van der Waals surface area contributed by atoms with Crippen LogP contribution in [-0.2, 0) is 0 Å². The molecule has 0 aromatic heterocycles. The smallest absolute Gasteiger partial charge is 0.0908 e. The van der Waals surface area contributed by atoms with Crippen molar-refractivity contribution in [3.8, 4) is 6.07 Å². The zero-order valence-corrected chi connectivity index (χ0v) is 7.77. The van der Waals surface area contributed by atoms with Gasteiger partial charge in [-0.2, -0.15) is 5.26 Å². The van der Waals surface area contributed by atoms with Gasteiger partial charge in [0.2, 0.25) is 0 Å². The van der Waals surface area contributed by atoms with Gasteiger partial charge in [-0.05, 0) is 12.5 Å². The molecule has 0 N–H and O–H groups in total. The second kappa shape index (κ2) is 8.29. The van der Waals surface area contributed by atoms with Gasteiger partial charge in [0, 0.05) is 6.08 Å². The standard InChI is InChI=1S/C8H8.C4H5N/c1-2-8-6-4-3-5-7-8;1-2-3-4-5/h2-7H,1H2;2-3H,1H3. The molecule has 1 rings (SSSR count). The van der Waals surface area contributed by atoms with Crippen molar-refractivity contribution >= 4 is 6.08 Å². The number of allylic oxidation sites excluding steroid dienone is 2. The van der Waals surface area contributed by atoms with Gasteiger partial charge in [0.25, 0.3) is 0 Å². The summed E-state index contributed by atoms with van der Waals surface area (Å²) in [6, 6.07) is 11.9. The Morgan fingerprint density at radius 2 is 1.92 bits per heavy atom. The average Bonchev–Trinajstić information content (AvgIpc) is 2.21. The van der Waals surface area contributed by atoms with Gasteiger partial charge >= 0.3 is 0 Å². The second-order valence-electron chi connectivity index (χ2n) is 2.24. The molecule has 0 spiro atoms. The van der Waals surface area contributed by atoms with Crippen LogP contribution in [0.15, 0.2) is 49.1 Å². The zero-order valence-electron chi connectivity index (χ0n) is 7.77. The molecule has 1 nitrogen and oxygen atoms in total. The van der Waals surface area contributed by atoms with Gasteiger partial charge in [-0.15, -0.1) is 0 Å². The summed E-state index contributed by atoms with van der Waals surface area (Å²) in [4.78, 5) is 0. The van der Waals surface area contributed by atoms with E-state index in [1.807, 2.05) is 49.4 Å². The lowest BCUT2D eigenvalue weighted by molar-refractivity contribution is 1.53. The Bertz CT molecular complexity index is 291. The van der Waals surface area contributed by atoms with E-state index in [1.165, 1.54) is 11.6 Å². The normalized spacial score (nSPS) is 8.31. The summed E-state index contributed by atoms with van der Waals surface area (Å²) in [6.07, 6.45) is 4.96. The van der Waals surface area contributed by atoms with Gasteiger partial charge in [-0.1, -0.05) is 49.1 Å². The Hall–Kier alpha value is -1.81. The predicted octanol–water partition coefficient (Wildman–Crippen LogP) is 3.42. The molecule has 13 heavy (non-hydrogen) atoms. The van der Waals surface area contributed by atoms with E-state index in [1.54, 1.807) is 6.08 Å². The SMILES string of the molecule is C=Cc1ccccc1.CC=CC#N. The topological polar surface area (TPSA) is 23.8 Å². The maximum atomic E-state index is 7.73. The van der Waals surface area contributed by atoms with Crippen LogP contribution in [0.3, 0.4) is 0 Å². The molecule has 0 aliphatic heterocycles. The van der Waals surface area contributed by atoms with Crippen molar-refractivity contribution in [2.75, 3.05) is 0 Å². The van der Waals surface area contributed by atoms with Crippen molar-refractivity contribution in [2.45, 2.75) is 6.92 Å². The van der Waals surface area contributed by atoms with Gasteiger partial charge in [-0.25, -0.2) is 0 Å². The van der Waals surface area contributed by atoms with Crippen molar-refractivity contribution in [2.24, 2.45) is 0 Å². The van der Waals surface area contributed by atoms with Gasteiger partial charge in [-0.3, -0.25) is 0 Å². The van der Waals surface area contributed by atoms with Crippen molar-refractivity contribution in [3.63, 3.8) is 0 Å². The summed E-state index contributed by atoms with van der Waals surface area (Å²) < 4.78 is 0. The van der Waals surface area contributed by atoms with Crippen LogP contribution in [0, 0.1) is 11.3 Å². The third kappa shape index (κ3) is 6.58. The lowest BCUT2D eigenvalue weighted by Crippen LogP contribution is -1.63. The number of hydrogen-bond donors (Lipinski definition) is 0. The monoisotopic (exact) mass is 171 g/mol. The predicted molar refractivity (Wildman–Crippen MR) is 57.0 cm³/mol. The van der Waals surface area contributed by atoms with Crippen molar-refractivity contribution in [1.82, 2.24) is 0 Å². The number of hydrogen-bond acceptors (Lipinski definition) is 1. The second-order valence-corrected chi connectivity index (χ2v) is 2.24. The zero-order chi connectivity index (χ0) is 9.94. The van der Waals surface area contributed by atoms with Crippen molar-refractivity contribution in [3.05, 3.63) is 54.6 Å². The largest absolute Gasteiger partial charge is 0.193 e. The highest BCUT2D eigenvalue weighted by molar-refractivity contribution is 5.45. The lowest BCUT2D eigenvalue weighted by atomic mass is 10.2. The molecule has 1 heteroatoms. The molecule has 1 aromatic rings. The summed E-state index contributed by atoms with van der Waals surface area (Å²) >= 11 is 0. The van der Waals surface area contributed by atoms with Crippen LogP contribution >= 0.6 is 0 Å². The minimum atomic E-state index is 1.17. The first kappa shape index (κ1) is 11.2. The third-order valence-corrected chi connectivity index (χ3v) is 1.28. The van der Waals surface area contributed by atoms with E-state index in [0.29, 0.717) is 0 Å². The van der Waals surface area contributed by atoms with Crippen molar-refractivity contribution < 1.29 is 0 Å². The fourth-order valence-corrected chi connectivity index (χ4v) is 0.664. The Balaban J connectivity index is 0.000000252. The third-order valence-electron chi connectivity index (χ3n) is 1.28. The molecule has 1 aromatic carbocycles. The molecule has 66 valence electrons. The van der Waals surface area contributed by atoms with Crippen LogP contribution in [0.4, 0.5) is 0 Å². The molecule has 0 bridgehead atoms. The highest BCUT2D eigenvalue weighted by Gasteiger charge is 1.75. The molecular weight excluding hydrogens is 158 g/mol. The Labute approximate surface area is 79.6 Å². The highest BCUT2D eigenvalue weighted by Crippen LogP contribution is 1.97. The molecule has 0 radical (unpaired) electrons. The molecule has 0 unspecified atom stereocenters. The van der Waals surface area contributed by atoms with E-state index >= 15 is 0 Å². The number of rotatable bonds is 1. The van der Waals surface area contributed by atoms with Crippen LogP contribution < -0.4 is 0 Å². The van der Waals surface area contributed by atoms with Gasteiger partial charge in [0.15, 0.2) is 0 Å². The summed E-state index contributed by atoms with van der Waals surface area (Å²) in [5.74, 6) is 0. The molecule has 0 aliphatic carbocycles. The van der Waals surface area contributed by atoms with Crippen LogP contribution in [0.5, 0.6) is 0 Å². The minimum absolute atomic E-state index is 1.17. The first-order chi connectivity index (χ1) is 6.35. The fraction of sp³-hybridized carbons (Fsp3) is 0.0833. The molecule has 0 heterocycles. The summed E-state index contributed by atoms with van der Waals surface area (Å²) in [5.41, 5.74) is 1.17. The molecule has 0 amide bonds. The molecule has 0 fully saturated rings. The fourth-order valence-electron chi connectivity index (χ4n) is 0.664.